The fourth-order valence-corrected chi connectivity index (χ4v) is 2.30. The monoisotopic (exact) mass is 184 g/mol. The molecular weight excluding hydrogens is 160 g/mol. The van der Waals surface area contributed by atoms with Crippen molar-refractivity contribution in [3.05, 3.63) is 0 Å². The van der Waals surface area contributed by atoms with E-state index in [1.54, 1.807) is 0 Å². The molecule has 1 saturated heterocycles. The predicted octanol–water partition coefficient (Wildman–Crippen LogP) is 1.70. The molecule has 2 unspecified atom stereocenters. The van der Waals surface area contributed by atoms with Gasteiger partial charge in [-0.05, 0) is 37.8 Å². The Kier molecular flexibility index (Phi) is 4.74. The number of hydrogen-bond donors (Lipinski definition) is 1. The van der Waals surface area contributed by atoms with Crippen LogP contribution in [-0.4, -0.2) is 31.1 Å². The molecule has 2 N–H and O–H groups in total. The SMILES string of the molecule is CCCC(C)CN1CCC(CN)C1. The van der Waals surface area contributed by atoms with Crippen molar-refractivity contribution in [1.29, 1.82) is 0 Å². The Balaban J connectivity index is 2.16. The van der Waals surface area contributed by atoms with Gasteiger partial charge in [0.1, 0.15) is 0 Å². The third-order valence-electron chi connectivity index (χ3n) is 3.05. The van der Waals surface area contributed by atoms with E-state index >= 15 is 0 Å². The van der Waals surface area contributed by atoms with E-state index < -0.39 is 0 Å². The van der Waals surface area contributed by atoms with E-state index in [1.807, 2.05) is 0 Å². The molecule has 78 valence electrons. The van der Waals surface area contributed by atoms with Crippen molar-refractivity contribution in [2.45, 2.75) is 33.1 Å². The first-order valence-corrected chi connectivity index (χ1v) is 5.68. The van der Waals surface area contributed by atoms with Crippen molar-refractivity contribution >= 4 is 0 Å². The highest BCUT2D eigenvalue weighted by Gasteiger charge is 2.21. The molecule has 0 aliphatic carbocycles. The lowest BCUT2D eigenvalue weighted by molar-refractivity contribution is 0.270. The van der Waals surface area contributed by atoms with Gasteiger partial charge >= 0.3 is 0 Å². The maximum Gasteiger partial charge on any atom is 0.00223 e. The van der Waals surface area contributed by atoms with Crippen molar-refractivity contribution in [1.82, 2.24) is 4.90 Å². The third-order valence-corrected chi connectivity index (χ3v) is 3.05. The third kappa shape index (κ3) is 3.65. The Bertz CT molecular complexity index is 136. The van der Waals surface area contributed by atoms with Crippen molar-refractivity contribution in [3.63, 3.8) is 0 Å². The molecule has 0 aromatic heterocycles. The zero-order valence-corrected chi connectivity index (χ0v) is 9.13. The Labute approximate surface area is 82.5 Å². The summed E-state index contributed by atoms with van der Waals surface area (Å²) in [6, 6.07) is 0. The summed E-state index contributed by atoms with van der Waals surface area (Å²) >= 11 is 0. The van der Waals surface area contributed by atoms with Gasteiger partial charge in [0, 0.05) is 13.1 Å². The van der Waals surface area contributed by atoms with Crippen molar-refractivity contribution < 1.29 is 0 Å². The smallest absolute Gasteiger partial charge is 0.00223 e. The van der Waals surface area contributed by atoms with Crippen LogP contribution in [0.25, 0.3) is 0 Å². The Morgan fingerprint density at radius 2 is 2.31 bits per heavy atom. The van der Waals surface area contributed by atoms with Crippen LogP contribution >= 0.6 is 0 Å². The number of nitrogens with zero attached hydrogens (tertiary/aromatic N) is 1. The molecular formula is C11H24N2. The van der Waals surface area contributed by atoms with E-state index in [4.69, 9.17) is 5.73 Å². The lowest BCUT2D eigenvalue weighted by atomic mass is 10.1. The largest absolute Gasteiger partial charge is 0.330 e. The minimum Gasteiger partial charge on any atom is -0.330 e. The van der Waals surface area contributed by atoms with Gasteiger partial charge in [0.25, 0.3) is 0 Å². The summed E-state index contributed by atoms with van der Waals surface area (Å²) in [6.07, 6.45) is 3.99. The second kappa shape index (κ2) is 5.61. The van der Waals surface area contributed by atoms with Gasteiger partial charge in [-0.2, -0.15) is 0 Å². The molecule has 0 saturated carbocycles. The molecule has 0 amide bonds. The fourth-order valence-electron chi connectivity index (χ4n) is 2.30. The highest BCUT2D eigenvalue weighted by Crippen LogP contribution is 2.17. The molecule has 2 nitrogen and oxygen atoms in total. The number of likely N-dealkylation sites (tertiary alicyclic amines) is 1. The van der Waals surface area contributed by atoms with Crippen LogP contribution in [0.15, 0.2) is 0 Å². The normalized spacial score (nSPS) is 26.5. The van der Waals surface area contributed by atoms with Crippen LogP contribution < -0.4 is 5.73 Å². The van der Waals surface area contributed by atoms with Crippen LogP contribution in [0.3, 0.4) is 0 Å². The molecule has 1 aliphatic rings. The molecule has 2 heteroatoms. The van der Waals surface area contributed by atoms with Gasteiger partial charge in [0.2, 0.25) is 0 Å². The highest BCUT2D eigenvalue weighted by molar-refractivity contribution is 4.76. The van der Waals surface area contributed by atoms with Crippen molar-refractivity contribution in [2.24, 2.45) is 17.6 Å². The summed E-state index contributed by atoms with van der Waals surface area (Å²) in [5.41, 5.74) is 5.66. The van der Waals surface area contributed by atoms with Gasteiger partial charge in [-0.25, -0.2) is 0 Å². The molecule has 2 atom stereocenters. The summed E-state index contributed by atoms with van der Waals surface area (Å²) in [7, 11) is 0. The van der Waals surface area contributed by atoms with E-state index in [-0.39, 0.29) is 0 Å². The van der Waals surface area contributed by atoms with E-state index in [9.17, 15) is 0 Å². The van der Waals surface area contributed by atoms with E-state index in [1.165, 1.54) is 38.9 Å². The van der Waals surface area contributed by atoms with Gasteiger partial charge in [0.05, 0.1) is 0 Å². The summed E-state index contributed by atoms with van der Waals surface area (Å²) in [4.78, 5) is 2.58. The van der Waals surface area contributed by atoms with Gasteiger partial charge in [-0.3, -0.25) is 0 Å². The van der Waals surface area contributed by atoms with Crippen molar-refractivity contribution in [2.75, 3.05) is 26.2 Å². The van der Waals surface area contributed by atoms with Gasteiger partial charge in [-0.15, -0.1) is 0 Å². The summed E-state index contributed by atoms with van der Waals surface area (Å²) < 4.78 is 0. The second-order valence-electron chi connectivity index (χ2n) is 4.54. The van der Waals surface area contributed by atoms with Gasteiger partial charge in [-0.1, -0.05) is 20.3 Å². The maximum atomic E-state index is 5.66. The summed E-state index contributed by atoms with van der Waals surface area (Å²) in [5, 5.41) is 0. The first-order valence-electron chi connectivity index (χ1n) is 5.68. The van der Waals surface area contributed by atoms with E-state index in [0.717, 1.165) is 18.4 Å². The lowest BCUT2D eigenvalue weighted by Crippen LogP contribution is -2.27. The molecule has 0 spiro atoms. The highest BCUT2D eigenvalue weighted by atomic mass is 15.1. The first kappa shape index (κ1) is 11.0. The molecule has 1 fully saturated rings. The average Bonchev–Trinajstić information content (AvgIpc) is 2.52. The number of nitrogens with two attached hydrogens (primary N) is 1. The van der Waals surface area contributed by atoms with Crippen LogP contribution in [0.5, 0.6) is 0 Å². The Morgan fingerprint density at radius 3 is 2.85 bits per heavy atom. The molecule has 1 rings (SSSR count). The first-order chi connectivity index (χ1) is 6.26. The lowest BCUT2D eigenvalue weighted by Gasteiger charge is -2.20. The molecule has 13 heavy (non-hydrogen) atoms. The molecule has 0 aromatic carbocycles. The minimum atomic E-state index is 0.772. The van der Waals surface area contributed by atoms with E-state index in [0.29, 0.717) is 0 Å². The summed E-state index contributed by atoms with van der Waals surface area (Å²) in [5.74, 6) is 1.63. The Hall–Kier alpha value is -0.0800. The molecule has 0 radical (unpaired) electrons. The fraction of sp³-hybridized carbons (Fsp3) is 1.00. The number of hydrogen-bond acceptors (Lipinski definition) is 2. The molecule has 0 bridgehead atoms. The molecule has 1 aliphatic heterocycles. The van der Waals surface area contributed by atoms with Crippen LogP contribution in [0.2, 0.25) is 0 Å². The predicted molar refractivity (Wildman–Crippen MR) is 57.7 cm³/mol. The van der Waals surface area contributed by atoms with Gasteiger partial charge < -0.3 is 10.6 Å². The molecule has 1 heterocycles. The van der Waals surface area contributed by atoms with Crippen molar-refractivity contribution in [3.8, 4) is 0 Å². The van der Waals surface area contributed by atoms with Crippen LogP contribution in [-0.2, 0) is 0 Å². The van der Waals surface area contributed by atoms with Gasteiger partial charge in [0.15, 0.2) is 0 Å². The summed E-state index contributed by atoms with van der Waals surface area (Å²) in [6.45, 7) is 9.30. The zero-order valence-electron chi connectivity index (χ0n) is 9.13. The number of rotatable bonds is 5. The average molecular weight is 184 g/mol. The second-order valence-corrected chi connectivity index (χ2v) is 4.54. The van der Waals surface area contributed by atoms with Crippen LogP contribution in [0, 0.1) is 11.8 Å². The maximum absolute atomic E-state index is 5.66. The Morgan fingerprint density at radius 1 is 1.54 bits per heavy atom. The van der Waals surface area contributed by atoms with E-state index in [2.05, 4.69) is 18.7 Å². The van der Waals surface area contributed by atoms with Crippen LogP contribution in [0.1, 0.15) is 33.1 Å². The minimum absolute atomic E-state index is 0.772. The topological polar surface area (TPSA) is 29.3 Å². The molecule has 0 aromatic rings. The quantitative estimate of drug-likeness (QED) is 0.704. The van der Waals surface area contributed by atoms with Crippen LogP contribution in [0.4, 0.5) is 0 Å². The standard InChI is InChI=1S/C11H24N2/c1-3-4-10(2)8-13-6-5-11(7-12)9-13/h10-11H,3-9,12H2,1-2H3. The zero-order chi connectivity index (χ0) is 9.68.